The van der Waals surface area contributed by atoms with E-state index in [0.717, 1.165) is 29.9 Å². The lowest BCUT2D eigenvalue weighted by atomic mass is 9.91. The minimum atomic E-state index is 0.332. The Morgan fingerprint density at radius 3 is 3.00 bits per heavy atom. The molecule has 1 aromatic heterocycles. The van der Waals surface area contributed by atoms with Crippen LogP contribution in [0.25, 0.3) is 0 Å². The van der Waals surface area contributed by atoms with Gasteiger partial charge in [0.2, 0.25) is 0 Å². The van der Waals surface area contributed by atoms with Crippen LogP contribution in [-0.2, 0) is 6.42 Å². The lowest BCUT2D eigenvalue weighted by Gasteiger charge is -2.16. The Bertz CT molecular complexity index is 452. The minimum absolute atomic E-state index is 0.332. The third-order valence-electron chi connectivity index (χ3n) is 2.55. The fourth-order valence-corrected chi connectivity index (χ4v) is 1.87. The van der Waals surface area contributed by atoms with Crippen LogP contribution in [0.1, 0.15) is 31.6 Å². The van der Waals surface area contributed by atoms with E-state index < -0.39 is 0 Å². The third kappa shape index (κ3) is 1.77. The summed E-state index contributed by atoms with van der Waals surface area (Å²) < 4.78 is 5.38. The summed E-state index contributed by atoms with van der Waals surface area (Å²) in [5, 5.41) is 7.44. The molecule has 2 rings (SSSR count). The summed E-state index contributed by atoms with van der Waals surface area (Å²) in [7, 11) is 0. The molecule has 0 aliphatic heterocycles. The van der Waals surface area contributed by atoms with Crippen molar-refractivity contribution in [1.82, 2.24) is 0 Å². The number of amidine groups is 1. The van der Waals surface area contributed by atoms with E-state index >= 15 is 0 Å². The first kappa shape index (κ1) is 9.90. The van der Waals surface area contributed by atoms with Crippen molar-refractivity contribution >= 4 is 11.5 Å². The number of rotatable bonds is 0. The van der Waals surface area contributed by atoms with Crippen LogP contribution in [0.2, 0.25) is 0 Å². The highest BCUT2D eigenvalue weighted by atomic mass is 16.3. The van der Waals surface area contributed by atoms with Crippen molar-refractivity contribution < 1.29 is 4.42 Å². The van der Waals surface area contributed by atoms with E-state index in [1.54, 1.807) is 13.2 Å². The minimum Gasteiger partial charge on any atom is -0.469 e. The van der Waals surface area contributed by atoms with Crippen molar-refractivity contribution in [1.29, 1.82) is 5.41 Å². The number of furan rings is 1. The average Bonchev–Trinajstić information content (AvgIpc) is 2.65. The topological polar surface area (TPSA) is 49.4 Å². The van der Waals surface area contributed by atoms with Crippen LogP contribution in [-0.4, -0.2) is 11.5 Å². The summed E-state index contributed by atoms with van der Waals surface area (Å²) in [4.78, 5) is 4.27. The first-order valence-electron chi connectivity index (χ1n) is 5.08. The summed E-state index contributed by atoms with van der Waals surface area (Å²) in [6.45, 7) is 3.70. The summed E-state index contributed by atoms with van der Waals surface area (Å²) in [6.07, 6.45) is 5.64. The van der Waals surface area contributed by atoms with Crippen LogP contribution in [0, 0.1) is 5.41 Å². The molecule has 1 aliphatic carbocycles. The molecule has 0 aromatic carbocycles. The normalized spacial score (nSPS) is 20.7. The van der Waals surface area contributed by atoms with Crippen LogP contribution < -0.4 is 0 Å². The van der Waals surface area contributed by atoms with Gasteiger partial charge in [-0.1, -0.05) is 6.08 Å². The van der Waals surface area contributed by atoms with Gasteiger partial charge >= 0.3 is 0 Å². The molecule has 15 heavy (non-hydrogen) atoms. The lowest BCUT2D eigenvalue weighted by molar-refractivity contribution is 0.506. The van der Waals surface area contributed by atoms with Crippen molar-refractivity contribution in [3.8, 4) is 0 Å². The molecule has 1 aromatic rings. The predicted octanol–water partition coefficient (Wildman–Crippen LogP) is 2.96. The van der Waals surface area contributed by atoms with Crippen LogP contribution in [0.4, 0.5) is 0 Å². The number of hydrogen-bond acceptors (Lipinski definition) is 2. The summed E-state index contributed by atoms with van der Waals surface area (Å²) in [5.74, 6) is 1.32. The molecule has 1 heterocycles. The van der Waals surface area contributed by atoms with Crippen molar-refractivity contribution in [3.63, 3.8) is 0 Å². The van der Waals surface area contributed by atoms with Gasteiger partial charge in [0.1, 0.15) is 11.6 Å². The van der Waals surface area contributed by atoms with Gasteiger partial charge in [-0.05, 0) is 31.9 Å². The predicted molar refractivity (Wildman–Crippen MR) is 60.7 cm³/mol. The monoisotopic (exact) mass is 202 g/mol. The Balaban J connectivity index is 2.54. The zero-order valence-electron chi connectivity index (χ0n) is 9.00. The van der Waals surface area contributed by atoms with Gasteiger partial charge in [-0.15, -0.1) is 0 Å². The summed E-state index contributed by atoms with van der Waals surface area (Å²) >= 11 is 0. The van der Waals surface area contributed by atoms with E-state index in [-0.39, 0.29) is 0 Å². The number of aryl methyl sites for hydroxylation is 1. The Morgan fingerprint density at radius 1 is 1.53 bits per heavy atom. The first-order chi connectivity index (χ1) is 7.22. The molecule has 0 bridgehead atoms. The van der Waals surface area contributed by atoms with E-state index in [0.29, 0.717) is 5.84 Å². The van der Waals surface area contributed by atoms with Gasteiger partial charge in [-0.3, -0.25) is 5.41 Å². The van der Waals surface area contributed by atoms with Crippen molar-refractivity contribution in [2.45, 2.75) is 26.7 Å². The molecule has 0 spiro atoms. The average molecular weight is 202 g/mol. The molecule has 0 unspecified atom stereocenters. The molecule has 0 atom stereocenters. The lowest BCUT2D eigenvalue weighted by Crippen LogP contribution is -2.14. The molecule has 0 saturated carbocycles. The maximum absolute atomic E-state index is 7.44. The molecule has 0 saturated heterocycles. The fourth-order valence-electron chi connectivity index (χ4n) is 1.87. The number of nitrogens with one attached hydrogen (secondary N) is 1. The fraction of sp³-hybridized carbons (Fsp3) is 0.333. The Labute approximate surface area is 89.0 Å². The smallest absolute Gasteiger partial charge is 0.118 e. The number of hydrogen-bond donors (Lipinski definition) is 1. The van der Waals surface area contributed by atoms with Crippen molar-refractivity contribution in [3.05, 3.63) is 35.3 Å². The van der Waals surface area contributed by atoms with Crippen LogP contribution in [0.3, 0.4) is 0 Å². The number of fused-ring (bicyclic) bond motifs is 1. The Morgan fingerprint density at radius 2 is 2.33 bits per heavy atom. The molecule has 1 N–H and O–H groups in total. The van der Waals surface area contributed by atoms with E-state index in [9.17, 15) is 0 Å². The number of aliphatic imine (C=N–C) groups is 1. The first-order valence-corrected chi connectivity index (χ1v) is 5.08. The van der Waals surface area contributed by atoms with E-state index in [1.807, 2.05) is 13.0 Å². The standard InChI is InChI=1S/C12H14N2O/c1-3-9-4-5-11-10(6-7-15-11)12(9)14-8(2)13/h3,6-7,13H,4-5H2,1-2H3/b9-3-,13-8?,14-12+. The molecule has 0 fully saturated rings. The van der Waals surface area contributed by atoms with Crippen LogP contribution in [0.15, 0.2) is 33.4 Å². The molecule has 0 amide bonds. The van der Waals surface area contributed by atoms with Gasteiger partial charge in [0.05, 0.1) is 12.0 Å². The second-order valence-electron chi connectivity index (χ2n) is 3.62. The highest BCUT2D eigenvalue weighted by Gasteiger charge is 2.21. The van der Waals surface area contributed by atoms with Crippen LogP contribution >= 0.6 is 0 Å². The zero-order valence-corrected chi connectivity index (χ0v) is 9.00. The number of allylic oxidation sites excluding steroid dienone is 2. The van der Waals surface area contributed by atoms with E-state index in [2.05, 4.69) is 11.1 Å². The summed E-state index contributed by atoms with van der Waals surface area (Å²) in [5.41, 5.74) is 3.15. The quantitative estimate of drug-likeness (QED) is 0.510. The highest BCUT2D eigenvalue weighted by molar-refractivity contribution is 6.17. The molecular weight excluding hydrogens is 188 g/mol. The maximum atomic E-state index is 7.44. The molecule has 3 heteroatoms. The molecule has 3 nitrogen and oxygen atoms in total. The molecular formula is C12H14N2O. The third-order valence-corrected chi connectivity index (χ3v) is 2.55. The second-order valence-corrected chi connectivity index (χ2v) is 3.62. The molecule has 0 radical (unpaired) electrons. The van der Waals surface area contributed by atoms with Crippen LogP contribution in [0.5, 0.6) is 0 Å². The van der Waals surface area contributed by atoms with Gasteiger partial charge in [0, 0.05) is 12.0 Å². The van der Waals surface area contributed by atoms with E-state index in [4.69, 9.17) is 9.83 Å². The van der Waals surface area contributed by atoms with Gasteiger partial charge in [-0.2, -0.15) is 0 Å². The largest absolute Gasteiger partial charge is 0.469 e. The Kier molecular flexibility index (Phi) is 2.54. The molecule has 78 valence electrons. The van der Waals surface area contributed by atoms with Gasteiger partial charge in [0.25, 0.3) is 0 Å². The highest BCUT2D eigenvalue weighted by Crippen LogP contribution is 2.26. The zero-order chi connectivity index (χ0) is 10.8. The Hall–Kier alpha value is -1.64. The van der Waals surface area contributed by atoms with Crippen molar-refractivity contribution in [2.24, 2.45) is 4.99 Å². The SMILES string of the molecule is C/C=C1/CCc2occc2/C1=N/C(C)=N. The van der Waals surface area contributed by atoms with Gasteiger partial charge < -0.3 is 4.42 Å². The maximum Gasteiger partial charge on any atom is 0.118 e. The second kappa shape index (κ2) is 3.85. The van der Waals surface area contributed by atoms with E-state index in [1.165, 1.54) is 5.57 Å². The van der Waals surface area contributed by atoms with Gasteiger partial charge in [0.15, 0.2) is 0 Å². The summed E-state index contributed by atoms with van der Waals surface area (Å²) in [6, 6.07) is 1.93. The van der Waals surface area contributed by atoms with Crippen molar-refractivity contribution in [2.75, 3.05) is 0 Å². The number of nitrogens with zero attached hydrogens (tertiary/aromatic N) is 1. The molecule has 1 aliphatic rings. The van der Waals surface area contributed by atoms with Gasteiger partial charge in [-0.25, -0.2) is 4.99 Å².